The molecular weight excluding hydrogens is 290 g/mol. The summed E-state index contributed by atoms with van der Waals surface area (Å²) in [6.07, 6.45) is 6.57. The van der Waals surface area contributed by atoms with Crippen LogP contribution in [0.4, 0.5) is 0 Å². The monoisotopic (exact) mass is 319 g/mol. The quantitative estimate of drug-likeness (QED) is 0.714. The molecule has 1 aromatic rings. The van der Waals surface area contributed by atoms with Crippen molar-refractivity contribution in [2.24, 2.45) is 5.92 Å². The second-order valence-corrected chi connectivity index (χ2v) is 6.95. The van der Waals surface area contributed by atoms with E-state index in [-0.39, 0.29) is 0 Å². The van der Waals surface area contributed by atoms with Gasteiger partial charge < -0.3 is 14.4 Å². The predicted molar refractivity (Wildman–Crippen MR) is 90.3 cm³/mol. The lowest BCUT2D eigenvalue weighted by Crippen LogP contribution is -2.50. The maximum absolute atomic E-state index is 6.11. The summed E-state index contributed by atoms with van der Waals surface area (Å²) in [4.78, 5) is 8.96. The first kappa shape index (κ1) is 16.8. The summed E-state index contributed by atoms with van der Waals surface area (Å²) in [6, 6.07) is 4.71. The third-order valence-electron chi connectivity index (χ3n) is 4.96. The molecule has 5 heteroatoms. The highest BCUT2D eigenvalue weighted by Gasteiger charge is 2.42. The van der Waals surface area contributed by atoms with Gasteiger partial charge in [-0.25, -0.2) is 0 Å². The van der Waals surface area contributed by atoms with Gasteiger partial charge in [-0.2, -0.15) is 0 Å². The minimum atomic E-state index is 0.333. The Morgan fingerprint density at radius 3 is 3.09 bits per heavy atom. The fourth-order valence-electron chi connectivity index (χ4n) is 3.72. The first-order valence-corrected chi connectivity index (χ1v) is 8.71. The van der Waals surface area contributed by atoms with Gasteiger partial charge in [0.25, 0.3) is 0 Å². The van der Waals surface area contributed by atoms with E-state index in [9.17, 15) is 0 Å². The number of ether oxygens (including phenoxy) is 2. The SMILES string of the molecule is CN(C)CCOC[C@@H]1CC[C@H]2[C@@H]1OCCN2Cc1cccnc1. The van der Waals surface area contributed by atoms with Gasteiger partial charge in [0.15, 0.2) is 0 Å². The lowest BCUT2D eigenvalue weighted by Gasteiger charge is -2.39. The van der Waals surface area contributed by atoms with Crippen LogP contribution in [0.2, 0.25) is 0 Å². The molecule has 128 valence electrons. The van der Waals surface area contributed by atoms with Crippen LogP contribution in [0.15, 0.2) is 24.5 Å². The molecule has 1 saturated carbocycles. The number of rotatable bonds is 7. The molecule has 0 amide bonds. The van der Waals surface area contributed by atoms with Crippen molar-refractivity contribution in [3.05, 3.63) is 30.1 Å². The van der Waals surface area contributed by atoms with Crippen molar-refractivity contribution in [2.45, 2.75) is 31.5 Å². The number of pyridine rings is 1. The molecule has 0 bridgehead atoms. The second kappa shape index (κ2) is 8.20. The molecule has 0 radical (unpaired) electrons. The Hall–Kier alpha value is -1.01. The van der Waals surface area contributed by atoms with E-state index in [0.29, 0.717) is 18.1 Å². The molecular formula is C18H29N3O2. The van der Waals surface area contributed by atoms with Gasteiger partial charge in [0, 0.05) is 44.0 Å². The van der Waals surface area contributed by atoms with E-state index >= 15 is 0 Å². The van der Waals surface area contributed by atoms with E-state index in [1.807, 2.05) is 18.5 Å². The molecule has 0 spiro atoms. The van der Waals surface area contributed by atoms with Gasteiger partial charge in [0.1, 0.15) is 0 Å². The van der Waals surface area contributed by atoms with E-state index in [1.165, 1.54) is 18.4 Å². The van der Waals surface area contributed by atoms with Gasteiger partial charge in [-0.15, -0.1) is 0 Å². The van der Waals surface area contributed by atoms with Gasteiger partial charge in [-0.1, -0.05) is 6.07 Å². The number of morpholine rings is 1. The Bertz CT molecular complexity index is 469. The summed E-state index contributed by atoms with van der Waals surface area (Å²) < 4.78 is 12.0. The summed E-state index contributed by atoms with van der Waals surface area (Å²) in [7, 11) is 4.16. The van der Waals surface area contributed by atoms with Gasteiger partial charge in [-0.05, 0) is 38.6 Å². The predicted octanol–water partition coefficient (Wildman–Crippen LogP) is 1.64. The molecule has 0 unspecified atom stereocenters. The van der Waals surface area contributed by atoms with Crippen LogP contribution in [0, 0.1) is 5.92 Å². The van der Waals surface area contributed by atoms with Gasteiger partial charge in [-0.3, -0.25) is 9.88 Å². The smallest absolute Gasteiger partial charge is 0.0781 e. The Kier molecular flexibility index (Phi) is 6.00. The van der Waals surface area contributed by atoms with Crippen molar-refractivity contribution in [3.8, 4) is 0 Å². The zero-order valence-electron chi connectivity index (χ0n) is 14.4. The molecule has 1 aliphatic carbocycles. The van der Waals surface area contributed by atoms with Gasteiger partial charge >= 0.3 is 0 Å². The van der Waals surface area contributed by atoms with Crippen LogP contribution in [0.5, 0.6) is 0 Å². The van der Waals surface area contributed by atoms with Crippen LogP contribution in [0.1, 0.15) is 18.4 Å². The zero-order valence-corrected chi connectivity index (χ0v) is 14.4. The highest BCUT2D eigenvalue weighted by atomic mass is 16.5. The first-order chi connectivity index (χ1) is 11.2. The molecule has 1 aliphatic heterocycles. The Labute approximate surface area is 139 Å². The number of likely N-dealkylation sites (N-methyl/N-ethyl adjacent to an activating group) is 1. The Morgan fingerprint density at radius 1 is 1.39 bits per heavy atom. The van der Waals surface area contributed by atoms with Crippen LogP contribution in [0.3, 0.4) is 0 Å². The van der Waals surface area contributed by atoms with Crippen LogP contribution in [0.25, 0.3) is 0 Å². The van der Waals surface area contributed by atoms with Crippen molar-refractivity contribution in [3.63, 3.8) is 0 Å². The van der Waals surface area contributed by atoms with E-state index in [2.05, 4.69) is 34.9 Å². The summed E-state index contributed by atoms with van der Waals surface area (Å²) in [5.74, 6) is 0.541. The summed E-state index contributed by atoms with van der Waals surface area (Å²) in [6.45, 7) is 5.44. The van der Waals surface area contributed by atoms with Crippen molar-refractivity contribution in [1.29, 1.82) is 0 Å². The number of hydrogen-bond acceptors (Lipinski definition) is 5. The number of hydrogen-bond donors (Lipinski definition) is 0. The lowest BCUT2D eigenvalue weighted by molar-refractivity contribution is -0.0883. The molecule has 2 heterocycles. The molecule has 1 aromatic heterocycles. The fourth-order valence-corrected chi connectivity index (χ4v) is 3.72. The maximum Gasteiger partial charge on any atom is 0.0781 e. The van der Waals surface area contributed by atoms with E-state index in [1.54, 1.807) is 0 Å². The standard InChI is InChI=1S/C18H29N3O2/c1-20(2)8-10-22-14-16-5-6-17-18(16)23-11-9-21(17)13-15-4-3-7-19-12-15/h3-4,7,12,16-18H,5-6,8-11,13-14H2,1-2H3/t16-,17-,18+/m0/s1. The molecule has 5 nitrogen and oxygen atoms in total. The van der Waals surface area contributed by atoms with Crippen molar-refractivity contribution >= 4 is 0 Å². The number of nitrogens with zero attached hydrogens (tertiary/aromatic N) is 3. The Balaban J connectivity index is 1.51. The lowest BCUT2D eigenvalue weighted by atomic mass is 10.0. The summed E-state index contributed by atoms with van der Waals surface area (Å²) in [5.41, 5.74) is 1.29. The van der Waals surface area contributed by atoms with Crippen LogP contribution < -0.4 is 0 Å². The van der Waals surface area contributed by atoms with Gasteiger partial charge in [0.05, 0.1) is 25.9 Å². The molecule has 0 N–H and O–H groups in total. The van der Waals surface area contributed by atoms with Crippen molar-refractivity contribution in [2.75, 3.05) is 47.0 Å². The second-order valence-electron chi connectivity index (χ2n) is 6.95. The first-order valence-electron chi connectivity index (χ1n) is 8.71. The molecule has 2 fully saturated rings. The fraction of sp³-hybridized carbons (Fsp3) is 0.722. The summed E-state index contributed by atoms with van der Waals surface area (Å²) in [5, 5.41) is 0. The Morgan fingerprint density at radius 2 is 2.30 bits per heavy atom. The molecule has 1 saturated heterocycles. The topological polar surface area (TPSA) is 37.8 Å². The molecule has 23 heavy (non-hydrogen) atoms. The normalized spacial score (nSPS) is 28.2. The molecule has 0 aromatic carbocycles. The minimum Gasteiger partial charge on any atom is -0.380 e. The molecule has 3 atom stereocenters. The third-order valence-corrected chi connectivity index (χ3v) is 4.96. The highest BCUT2D eigenvalue weighted by Crippen LogP contribution is 2.35. The average Bonchev–Trinajstić information content (AvgIpc) is 2.97. The largest absolute Gasteiger partial charge is 0.380 e. The van der Waals surface area contributed by atoms with Crippen LogP contribution in [-0.4, -0.2) is 73.9 Å². The average molecular weight is 319 g/mol. The van der Waals surface area contributed by atoms with E-state index in [4.69, 9.17) is 9.47 Å². The van der Waals surface area contributed by atoms with Crippen LogP contribution >= 0.6 is 0 Å². The minimum absolute atomic E-state index is 0.333. The van der Waals surface area contributed by atoms with Crippen molar-refractivity contribution < 1.29 is 9.47 Å². The molecule has 2 aliphatic rings. The zero-order chi connectivity index (χ0) is 16.1. The summed E-state index contributed by atoms with van der Waals surface area (Å²) >= 11 is 0. The maximum atomic E-state index is 6.11. The van der Waals surface area contributed by atoms with E-state index < -0.39 is 0 Å². The third kappa shape index (κ3) is 4.51. The van der Waals surface area contributed by atoms with E-state index in [0.717, 1.165) is 39.5 Å². The van der Waals surface area contributed by atoms with Crippen molar-refractivity contribution in [1.82, 2.24) is 14.8 Å². The van der Waals surface area contributed by atoms with Crippen LogP contribution in [-0.2, 0) is 16.0 Å². The van der Waals surface area contributed by atoms with Gasteiger partial charge in [0.2, 0.25) is 0 Å². The number of fused-ring (bicyclic) bond motifs is 1. The molecule has 3 rings (SSSR count). The highest BCUT2D eigenvalue weighted by molar-refractivity contribution is 5.09. The number of aromatic nitrogens is 1.